The highest BCUT2D eigenvalue weighted by molar-refractivity contribution is 7.98. The maximum absolute atomic E-state index is 11.8. The van der Waals surface area contributed by atoms with E-state index in [0.29, 0.717) is 37.2 Å². The number of rotatable bonds is 16. The molecule has 0 amide bonds. The molecule has 0 saturated heterocycles. The number of benzene rings is 2. The van der Waals surface area contributed by atoms with Crippen molar-refractivity contribution in [3.63, 3.8) is 0 Å². The topological polar surface area (TPSA) is 96.0 Å². The van der Waals surface area contributed by atoms with Gasteiger partial charge in [0.2, 0.25) is 0 Å². The number of thioether (sulfide) groups is 1. The van der Waals surface area contributed by atoms with Gasteiger partial charge >= 0.3 is 17.9 Å². The maximum Gasteiger partial charge on any atom is 0.306 e. The summed E-state index contributed by atoms with van der Waals surface area (Å²) in [5.74, 6) is 0.158. The molecule has 0 saturated carbocycles. The molecule has 214 valence electrons. The smallest absolute Gasteiger partial charge is 0.306 e. The monoisotopic (exact) mass is 576 g/mol. The van der Waals surface area contributed by atoms with Gasteiger partial charge < -0.3 is 14.2 Å². The Balaban J connectivity index is 0.000000451. The van der Waals surface area contributed by atoms with Gasteiger partial charge in [-0.3, -0.25) is 19.2 Å². The molecule has 0 fully saturated rings. The zero-order chi connectivity index (χ0) is 28.9. The summed E-state index contributed by atoms with van der Waals surface area (Å²) in [7, 11) is 0. The molecular formula is C30H40O7S2. The third-order valence-corrected chi connectivity index (χ3v) is 6.56. The van der Waals surface area contributed by atoms with Gasteiger partial charge in [-0.2, -0.15) is 24.4 Å². The summed E-state index contributed by atoms with van der Waals surface area (Å²) in [6, 6.07) is 18.6. The number of hydrogen-bond acceptors (Lipinski definition) is 9. The number of thiol groups is 1. The fourth-order valence-electron chi connectivity index (χ4n) is 3.17. The van der Waals surface area contributed by atoms with Crippen LogP contribution in [0.2, 0.25) is 0 Å². The van der Waals surface area contributed by atoms with Crippen LogP contribution in [0.5, 0.6) is 0 Å². The molecule has 1 atom stereocenters. The van der Waals surface area contributed by atoms with Crippen molar-refractivity contribution < 1.29 is 33.4 Å². The second-order valence-corrected chi connectivity index (χ2v) is 10.3. The minimum Gasteiger partial charge on any atom is -0.465 e. The van der Waals surface area contributed by atoms with Crippen LogP contribution in [0.25, 0.3) is 0 Å². The number of esters is 3. The van der Waals surface area contributed by atoms with Crippen molar-refractivity contribution in [1.82, 2.24) is 0 Å². The predicted molar refractivity (Wildman–Crippen MR) is 158 cm³/mol. The Morgan fingerprint density at radius 1 is 0.718 bits per heavy atom. The molecule has 0 radical (unpaired) electrons. The minimum absolute atomic E-state index is 0.0331. The van der Waals surface area contributed by atoms with E-state index in [1.807, 2.05) is 80.8 Å². The van der Waals surface area contributed by atoms with Gasteiger partial charge in [0, 0.05) is 29.1 Å². The van der Waals surface area contributed by atoms with Gasteiger partial charge in [-0.1, -0.05) is 74.5 Å². The lowest BCUT2D eigenvalue weighted by Gasteiger charge is -2.31. The minimum atomic E-state index is -0.731. The normalized spacial score (nSPS) is 11.8. The van der Waals surface area contributed by atoms with Crippen molar-refractivity contribution >= 4 is 48.1 Å². The molecule has 0 aliphatic heterocycles. The van der Waals surface area contributed by atoms with Crippen molar-refractivity contribution in [2.24, 2.45) is 5.41 Å². The van der Waals surface area contributed by atoms with E-state index in [-0.39, 0.29) is 49.9 Å². The first kappa shape index (κ1) is 34.2. The molecule has 9 heteroatoms. The van der Waals surface area contributed by atoms with Gasteiger partial charge in [0.1, 0.15) is 19.8 Å². The highest BCUT2D eigenvalue weighted by atomic mass is 32.2. The van der Waals surface area contributed by atoms with Crippen molar-refractivity contribution in [3.05, 3.63) is 71.8 Å². The van der Waals surface area contributed by atoms with Gasteiger partial charge in [-0.25, -0.2) is 0 Å². The molecule has 1 unspecified atom stereocenters. The highest BCUT2D eigenvalue weighted by Crippen LogP contribution is 2.25. The Bertz CT molecular complexity index is 933. The molecule has 0 aliphatic rings. The number of carbonyl (C=O) groups is 4. The molecular weight excluding hydrogens is 536 g/mol. The average Bonchev–Trinajstić information content (AvgIpc) is 2.97. The van der Waals surface area contributed by atoms with Gasteiger partial charge in [0.15, 0.2) is 5.78 Å². The Kier molecular flexibility index (Phi) is 17.7. The summed E-state index contributed by atoms with van der Waals surface area (Å²) in [4.78, 5) is 46.9. The molecule has 2 rings (SSSR count). The molecule has 39 heavy (non-hydrogen) atoms. The quantitative estimate of drug-likeness (QED) is 0.116. The van der Waals surface area contributed by atoms with Crippen LogP contribution in [0.3, 0.4) is 0 Å². The number of ketones is 1. The van der Waals surface area contributed by atoms with Crippen LogP contribution < -0.4 is 0 Å². The van der Waals surface area contributed by atoms with Gasteiger partial charge in [-0.05, 0) is 19.1 Å². The summed E-state index contributed by atoms with van der Waals surface area (Å²) in [6.45, 7) is 3.90. The molecule has 2 aromatic carbocycles. The van der Waals surface area contributed by atoms with Crippen LogP contribution in [0, 0.1) is 5.41 Å². The van der Waals surface area contributed by atoms with E-state index in [2.05, 4.69) is 12.6 Å². The summed E-state index contributed by atoms with van der Waals surface area (Å²) < 4.78 is 15.9. The van der Waals surface area contributed by atoms with Crippen LogP contribution in [-0.4, -0.2) is 61.3 Å². The lowest BCUT2D eigenvalue weighted by molar-refractivity contribution is -0.162. The fraction of sp³-hybridized carbons (Fsp3) is 0.467. The van der Waals surface area contributed by atoms with Gasteiger partial charge in [-0.15, -0.1) is 0 Å². The number of hydrogen-bond donors (Lipinski definition) is 1. The SMILES string of the molecule is CCCC(=O)OCC(CC)(COC(=O)CCS)COC(=O)CCSC.O=C(c1ccccc1)c1ccccc1. The van der Waals surface area contributed by atoms with E-state index in [0.717, 1.165) is 11.1 Å². The third-order valence-electron chi connectivity index (χ3n) is 5.72. The summed E-state index contributed by atoms with van der Waals surface area (Å²) >= 11 is 5.56. The zero-order valence-electron chi connectivity index (χ0n) is 23.1. The number of carbonyl (C=O) groups excluding carboxylic acids is 4. The first-order valence-corrected chi connectivity index (χ1v) is 15.0. The summed E-state index contributed by atoms with van der Waals surface area (Å²) in [5.41, 5.74) is 0.738. The van der Waals surface area contributed by atoms with Crippen molar-refractivity contribution in [2.45, 2.75) is 46.0 Å². The lowest BCUT2D eigenvalue weighted by atomic mass is 9.88. The maximum atomic E-state index is 11.8. The van der Waals surface area contributed by atoms with Gasteiger partial charge in [0.05, 0.1) is 18.3 Å². The molecule has 0 N–H and O–H groups in total. The summed E-state index contributed by atoms with van der Waals surface area (Å²) in [6.07, 6.45) is 3.99. The van der Waals surface area contributed by atoms with E-state index in [4.69, 9.17) is 14.2 Å². The van der Waals surface area contributed by atoms with Crippen LogP contribution in [-0.2, 0) is 28.6 Å². The lowest BCUT2D eigenvalue weighted by Crippen LogP contribution is -2.39. The van der Waals surface area contributed by atoms with Crippen molar-refractivity contribution in [2.75, 3.05) is 37.6 Å². The molecule has 0 spiro atoms. The second-order valence-electron chi connectivity index (χ2n) is 8.86. The standard InChI is InChI=1S/C17H30O6S2.C13H10O/c1-4-6-14(18)21-11-17(5-2,12-22-15(19)7-9-24)13-23-16(20)8-10-25-3;14-13(11-7-3-1-4-8-11)12-9-5-2-6-10-12/h24H,4-13H2,1-3H3;1-10H. The Labute approximate surface area is 241 Å². The second kappa shape index (κ2) is 20.2. The highest BCUT2D eigenvalue weighted by Gasteiger charge is 2.34. The van der Waals surface area contributed by atoms with Crippen LogP contribution >= 0.6 is 24.4 Å². The molecule has 0 aromatic heterocycles. The van der Waals surface area contributed by atoms with Crippen molar-refractivity contribution in [3.8, 4) is 0 Å². The molecule has 0 bridgehead atoms. The average molecular weight is 577 g/mol. The van der Waals surface area contributed by atoms with E-state index >= 15 is 0 Å². The van der Waals surface area contributed by atoms with E-state index in [9.17, 15) is 19.2 Å². The molecule has 0 aliphatic carbocycles. The van der Waals surface area contributed by atoms with E-state index in [1.165, 1.54) is 0 Å². The Hall–Kier alpha value is -2.78. The predicted octanol–water partition coefficient (Wildman–Crippen LogP) is 5.80. The molecule has 0 heterocycles. The van der Waals surface area contributed by atoms with Crippen LogP contribution in [0.15, 0.2) is 60.7 Å². The zero-order valence-corrected chi connectivity index (χ0v) is 24.8. The fourth-order valence-corrected chi connectivity index (χ4v) is 3.73. The van der Waals surface area contributed by atoms with Crippen LogP contribution in [0.1, 0.15) is 61.9 Å². The molecule has 2 aromatic rings. The molecule has 7 nitrogen and oxygen atoms in total. The first-order valence-electron chi connectivity index (χ1n) is 13.0. The van der Waals surface area contributed by atoms with Gasteiger partial charge in [0.25, 0.3) is 0 Å². The van der Waals surface area contributed by atoms with E-state index < -0.39 is 5.41 Å². The Morgan fingerprint density at radius 2 is 1.15 bits per heavy atom. The summed E-state index contributed by atoms with van der Waals surface area (Å²) in [5, 5.41) is 0. The van der Waals surface area contributed by atoms with E-state index in [1.54, 1.807) is 11.8 Å². The number of ether oxygens (including phenoxy) is 3. The van der Waals surface area contributed by atoms with Crippen molar-refractivity contribution in [1.29, 1.82) is 0 Å². The third kappa shape index (κ3) is 14.3. The first-order chi connectivity index (χ1) is 18.8. The Morgan fingerprint density at radius 3 is 1.54 bits per heavy atom. The van der Waals surface area contributed by atoms with Crippen LogP contribution in [0.4, 0.5) is 0 Å². The largest absolute Gasteiger partial charge is 0.465 e.